The number of phenols is 1. The van der Waals surface area contributed by atoms with Crippen molar-refractivity contribution >= 4 is 29.0 Å². The predicted molar refractivity (Wildman–Crippen MR) is 99.7 cm³/mol. The van der Waals surface area contributed by atoms with Crippen molar-refractivity contribution in [3.63, 3.8) is 0 Å². The van der Waals surface area contributed by atoms with E-state index in [4.69, 9.17) is 0 Å². The molecule has 3 aromatic rings. The molecule has 2 N–H and O–H groups in total. The second kappa shape index (κ2) is 7.71. The summed E-state index contributed by atoms with van der Waals surface area (Å²) in [6, 6.07) is 19.6. The highest BCUT2D eigenvalue weighted by Gasteiger charge is 2.17. The number of anilines is 1. The van der Waals surface area contributed by atoms with Gasteiger partial charge in [0, 0.05) is 22.2 Å². The van der Waals surface area contributed by atoms with Gasteiger partial charge in [0.25, 0.3) is 11.6 Å². The van der Waals surface area contributed by atoms with Crippen LogP contribution in [0.15, 0.2) is 82.6 Å². The Kier molecular flexibility index (Phi) is 5.19. The maximum absolute atomic E-state index is 12.2. The Morgan fingerprint density at radius 3 is 2.35 bits per heavy atom. The van der Waals surface area contributed by atoms with Gasteiger partial charge in [0.05, 0.1) is 9.82 Å². The molecule has 130 valence electrons. The molecule has 0 atom stereocenters. The van der Waals surface area contributed by atoms with E-state index in [0.29, 0.717) is 16.1 Å². The minimum Gasteiger partial charge on any atom is -0.508 e. The fraction of sp³-hybridized carbons (Fsp3) is 0. The number of nitro benzene ring substituents is 1. The van der Waals surface area contributed by atoms with E-state index in [1.54, 1.807) is 54.6 Å². The van der Waals surface area contributed by atoms with Crippen LogP contribution in [0.2, 0.25) is 0 Å². The van der Waals surface area contributed by atoms with Crippen LogP contribution in [0, 0.1) is 10.1 Å². The fourth-order valence-corrected chi connectivity index (χ4v) is 3.16. The number of hydrogen-bond acceptors (Lipinski definition) is 5. The SMILES string of the molecule is O=C(Nc1ccc(Sc2ccc(O)cc2)c([N+](=O)[O-])c1)c1ccccc1. The van der Waals surface area contributed by atoms with Crippen molar-refractivity contribution < 1.29 is 14.8 Å². The molecule has 3 aromatic carbocycles. The molecule has 0 aliphatic heterocycles. The van der Waals surface area contributed by atoms with Crippen LogP contribution in [0.4, 0.5) is 11.4 Å². The molecule has 0 spiro atoms. The number of amides is 1. The monoisotopic (exact) mass is 366 g/mol. The van der Waals surface area contributed by atoms with E-state index in [2.05, 4.69) is 5.32 Å². The van der Waals surface area contributed by atoms with Gasteiger partial charge in [0.2, 0.25) is 0 Å². The first-order chi connectivity index (χ1) is 12.5. The third-order valence-corrected chi connectivity index (χ3v) is 4.59. The molecule has 0 unspecified atom stereocenters. The van der Waals surface area contributed by atoms with Crippen molar-refractivity contribution in [1.82, 2.24) is 0 Å². The van der Waals surface area contributed by atoms with Crippen LogP contribution in [0.3, 0.4) is 0 Å². The van der Waals surface area contributed by atoms with Crippen molar-refractivity contribution in [2.24, 2.45) is 0 Å². The summed E-state index contributed by atoms with van der Waals surface area (Å²) in [6.07, 6.45) is 0. The fourth-order valence-electron chi connectivity index (χ4n) is 2.26. The van der Waals surface area contributed by atoms with Crippen molar-refractivity contribution in [3.8, 4) is 5.75 Å². The van der Waals surface area contributed by atoms with E-state index >= 15 is 0 Å². The van der Waals surface area contributed by atoms with Crippen LogP contribution in [0.25, 0.3) is 0 Å². The first-order valence-corrected chi connectivity index (χ1v) is 8.46. The Hall–Kier alpha value is -3.32. The number of carbonyl (C=O) groups is 1. The van der Waals surface area contributed by atoms with Crippen molar-refractivity contribution in [2.75, 3.05) is 5.32 Å². The molecule has 0 fully saturated rings. The van der Waals surface area contributed by atoms with Crippen molar-refractivity contribution in [2.45, 2.75) is 9.79 Å². The summed E-state index contributed by atoms with van der Waals surface area (Å²) in [5.74, 6) is -0.207. The van der Waals surface area contributed by atoms with E-state index in [0.717, 1.165) is 4.90 Å². The lowest BCUT2D eigenvalue weighted by molar-refractivity contribution is -0.387. The van der Waals surface area contributed by atoms with E-state index in [1.807, 2.05) is 0 Å². The Labute approximate surface area is 153 Å². The number of rotatable bonds is 5. The molecule has 1 amide bonds. The van der Waals surface area contributed by atoms with Crippen LogP contribution < -0.4 is 5.32 Å². The van der Waals surface area contributed by atoms with Gasteiger partial charge in [-0.3, -0.25) is 14.9 Å². The van der Waals surface area contributed by atoms with E-state index in [-0.39, 0.29) is 17.3 Å². The number of benzene rings is 3. The summed E-state index contributed by atoms with van der Waals surface area (Å²) in [7, 11) is 0. The second-order valence-electron chi connectivity index (χ2n) is 5.36. The molecule has 6 nitrogen and oxygen atoms in total. The van der Waals surface area contributed by atoms with Gasteiger partial charge in [-0.1, -0.05) is 30.0 Å². The lowest BCUT2D eigenvalue weighted by Gasteiger charge is -2.08. The zero-order valence-electron chi connectivity index (χ0n) is 13.5. The maximum atomic E-state index is 12.2. The Morgan fingerprint density at radius 2 is 1.69 bits per heavy atom. The van der Waals surface area contributed by atoms with Gasteiger partial charge in [-0.25, -0.2) is 0 Å². The van der Waals surface area contributed by atoms with Gasteiger partial charge in [0.15, 0.2) is 0 Å². The molecule has 0 heterocycles. The maximum Gasteiger partial charge on any atom is 0.285 e. The highest BCUT2D eigenvalue weighted by Crippen LogP contribution is 2.36. The van der Waals surface area contributed by atoms with Crippen LogP contribution >= 0.6 is 11.8 Å². The molecular formula is C19H14N2O4S. The van der Waals surface area contributed by atoms with E-state index in [1.165, 1.54) is 30.0 Å². The van der Waals surface area contributed by atoms with Crippen LogP contribution in [-0.2, 0) is 0 Å². The van der Waals surface area contributed by atoms with E-state index < -0.39 is 4.92 Å². The summed E-state index contributed by atoms with van der Waals surface area (Å²) >= 11 is 1.21. The largest absolute Gasteiger partial charge is 0.508 e. The third kappa shape index (κ3) is 4.20. The summed E-state index contributed by atoms with van der Waals surface area (Å²) in [5.41, 5.74) is 0.715. The van der Waals surface area contributed by atoms with Crippen LogP contribution in [0.1, 0.15) is 10.4 Å². The highest BCUT2D eigenvalue weighted by molar-refractivity contribution is 7.99. The number of aromatic hydroxyl groups is 1. The minimum absolute atomic E-state index is 0.103. The third-order valence-electron chi connectivity index (χ3n) is 3.51. The van der Waals surface area contributed by atoms with Gasteiger partial charge in [-0.05, 0) is 48.5 Å². The Bertz CT molecular complexity index is 944. The zero-order valence-corrected chi connectivity index (χ0v) is 14.3. The standard InChI is InChI=1S/C19H14N2O4S/c22-15-7-9-16(10-8-15)26-18-11-6-14(12-17(18)21(24)25)20-19(23)13-4-2-1-3-5-13/h1-12,22H,(H,20,23). The number of carbonyl (C=O) groups excluding carboxylic acids is 1. The molecule has 7 heteroatoms. The van der Waals surface area contributed by atoms with Crippen LogP contribution in [0.5, 0.6) is 5.75 Å². The average molecular weight is 366 g/mol. The molecule has 0 bridgehead atoms. The molecule has 3 rings (SSSR count). The number of nitrogens with zero attached hydrogens (tertiary/aromatic N) is 1. The summed E-state index contributed by atoms with van der Waals surface area (Å²) in [6.45, 7) is 0. The summed E-state index contributed by atoms with van der Waals surface area (Å²) < 4.78 is 0. The average Bonchev–Trinajstić information content (AvgIpc) is 2.65. The minimum atomic E-state index is -0.485. The number of hydrogen-bond donors (Lipinski definition) is 2. The predicted octanol–water partition coefficient (Wildman–Crippen LogP) is 4.70. The topological polar surface area (TPSA) is 92.5 Å². The molecule has 0 saturated heterocycles. The summed E-state index contributed by atoms with van der Waals surface area (Å²) in [5, 5.41) is 23.4. The van der Waals surface area contributed by atoms with Gasteiger partial charge < -0.3 is 10.4 Å². The number of nitrogens with one attached hydrogen (secondary N) is 1. The number of phenolic OH excluding ortho intramolecular Hbond substituents is 1. The van der Waals surface area contributed by atoms with Crippen molar-refractivity contribution in [3.05, 3.63) is 88.5 Å². The van der Waals surface area contributed by atoms with Gasteiger partial charge in [-0.2, -0.15) is 0 Å². The molecule has 26 heavy (non-hydrogen) atoms. The lowest BCUT2D eigenvalue weighted by atomic mass is 10.2. The lowest BCUT2D eigenvalue weighted by Crippen LogP contribution is -2.11. The van der Waals surface area contributed by atoms with Gasteiger partial charge in [0.1, 0.15) is 5.75 Å². The quantitative estimate of drug-likeness (QED) is 0.504. The molecule has 0 radical (unpaired) electrons. The molecular weight excluding hydrogens is 352 g/mol. The highest BCUT2D eigenvalue weighted by atomic mass is 32.2. The van der Waals surface area contributed by atoms with Gasteiger partial charge >= 0.3 is 0 Å². The van der Waals surface area contributed by atoms with Crippen molar-refractivity contribution in [1.29, 1.82) is 0 Å². The smallest absolute Gasteiger partial charge is 0.285 e. The first-order valence-electron chi connectivity index (χ1n) is 7.64. The second-order valence-corrected chi connectivity index (χ2v) is 6.47. The molecule has 0 aliphatic rings. The van der Waals surface area contributed by atoms with E-state index in [9.17, 15) is 20.0 Å². The molecule has 0 aliphatic carbocycles. The molecule has 0 saturated carbocycles. The zero-order chi connectivity index (χ0) is 18.5. The molecule has 0 aromatic heterocycles. The summed E-state index contributed by atoms with van der Waals surface area (Å²) in [4.78, 5) is 24.3. The normalized spacial score (nSPS) is 10.3. The number of nitro groups is 1. The Balaban J connectivity index is 1.83. The Morgan fingerprint density at radius 1 is 1.00 bits per heavy atom. The van der Waals surface area contributed by atoms with Crippen LogP contribution in [-0.4, -0.2) is 15.9 Å². The van der Waals surface area contributed by atoms with Gasteiger partial charge in [-0.15, -0.1) is 0 Å². The first kappa shape index (κ1) is 17.5.